The number of likely N-dealkylation sites (tertiary alicyclic amines) is 1. The van der Waals surface area contributed by atoms with E-state index in [0.29, 0.717) is 38.3 Å². The van der Waals surface area contributed by atoms with E-state index in [9.17, 15) is 14.4 Å². The summed E-state index contributed by atoms with van der Waals surface area (Å²) in [6, 6.07) is 17.9. The Kier molecular flexibility index (Phi) is 5.19. The highest BCUT2D eigenvalue weighted by atomic mass is 79.9. The van der Waals surface area contributed by atoms with Gasteiger partial charge in [0.15, 0.2) is 5.78 Å². The van der Waals surface area contributed by atoms with Gasteiger partial charge in [-0.3, -0.25) is 19.3 Å². The van der Waals surface area contributed by atoms with Crippen molar-refractivity contribution in [2.24, 2.45) is 5.92 Å². The maximum absolute atomic E-state index is 14.2. The van der Waals surface area contributed by atoms with Gasteiger partial charge in [0.2, 0.25) is 5.91 Å². The molecule has 7 nitrogen and oxygen atoms in total. The quantitative estimate of drug-likeness (QED) is 0.420. The predicted octanol–water partition coefficient (Wildman–Crippen LogP) is 4.70. The zero-order valence-electron chi connectivity index (χ0n) is 19.4. The standard InChI is InChI=1S/C27H21Br2N3O4/c1-32-13-19(23(33)14-7-9-16(36-2)10-8-14)26(17-5-3-4-6-21(17)30-24(26)34)27(32)18-11-15(28)12-20(29)22(18)31-25(27)35/h3-12,19H,13H2,1-2H3,(H,30,34)(H,31,35)/t19-,26+,27+/m0/s1. The molecule has 36 heavy (non-hydrogen) atoms. The number of para-hydroxylation sites is 1. The number of amides is 2. The number of carbonyl (C=O) groups is 3. The summed E-state index contributed by atoms with van der Waals surface area (Å²) in [6.07, 6.45) is 0. The molecule has 2 N–H and O–H groups in total. The van der Waals surface area contributed by atoms with E-state index in [1.165, 1.54) is 0 Å². The molecule has 0 radical (unpaired) electrons. The monoisotopic (exact) mass is 609 g/mol. The summed E-state index contributed by atoms with van der Waals surface area (Å²) in [4.78, 5) is 44.4. The molecular formula is C27H21Br2N3O4. The summed E-state index contributed by atoms with van der Waals surface area (Å²) in [5.41, 5.74) is 0.0164. The van der Waals surface area contributed by atoms with Crippen LogP contribution in [0.15, 0.2) is 69.6 Å². The van der Waals surface area contributed by atoms with Gasteiger partial charge in [-0.25, -0.2) is 0 Å². The first kappa shape index (κ1) is 23.4. The fraction of sp³-hybridized carbons (Fsp3) is 0.222. The lowest BCUT2D eigenvalue weighted by Gasteiger charge is -2.42. The molecule has 3 aromatic rings. The summed E-state index contributed by atoms with van der Waals surface area (Å²) in [5.74, 6) is -1.10. The first-order chi connectivity index (χ1) is 17.3. The van der Waals surface area contributed by atoms with Gasteiger partial charge in [0.05, 0.1) is 18.7 Å². The molecule has 3 aliphatic heterocycles. The van der Waals surface area contributed by atoms with Crippen LogP contribution in [0.5, 0.6) is 5.75 Å². The molecule has 0 aromatic heterocycles. The van der Waals surface area contributed by atoms with Gasteiger partial charge in [0, 0.05) is 32.3 Å². The molecule has 0 bridgehead atoms. The van der Waals surface area contributed by atoms with Crippen molar-refractivity contribution in [1.82, 2.24) is 4.90 Å². The minimum Gasteiger partial charge on any atom is -0.497 e. The first-order valence-electron chi connectivity index (χ1n) is 11.4. The van der Waals surface area contributed by atoms with Crippen molar-refractivity contribution in [2.45, 2.75) is 11.0 Å². The molecule has 0 unspecified atom stereocenters. The number of hydrogen-bond donors (Lipinski definition) is 2. The fourth-order valence-electron chi connectivity index (χ4n) is 6.40. The Morgan fingerprint density at radius 2 is 1.72 bits per heavy atom. The number of anilines is 2. The number of benzene rings is 3. The Morgan fingerprint density at radius 3 is 2.44 bits per heavy atom. The molecule has 1 saturated heterocycles. The molecular weight excluding hydrogens is 590 g/mol. The van der Waals surface area contributed by atoms with E-state index >= 15 is 0 Å². The minimum atomic E-state index is -1.50. The number of ether oxygens (including phenoxy) is 1. The molecule has 3 aliphatic rings. The largest absolute Gasteiger partial charge is 0.497 e. The Balaban J connectivity index is 1.67. The van der Waals surface area contributed by atoms with Gasteiger partial charge in [0.1, 0.15) is 16.7 Å². The SMILES string of the molecule is COc1ccc(C(=O)[C@@H]2CN(C)[C@]3(C(=O)Nc4c(Br)cc(Br)cc43)[C@@]23C(=O)Nc2ccccc23)cc1. The van der Waals surface area contributed by atoms with E-state index in [1.54, 1.807) is 38.4 Å². The van der Waals surface area contributed by atoms with Crippen LogP contribution in [-0.2, 0) is 20.5 Å². The highest BCUT2D eigenvalue weighted by molar-refractivity contribution is 9.11. The zero-order valence-corrected chi connectivity index (χ0v) is 22.6. The third-order valence-corrected chi connectivity index (χ3v) is 8.87. The van der Waals surface area contributed by atoms with Crippen molar-refractivity contribution >= 4 is 60.8 Å². The normalized spacial score (nSPS) is 26.2. The van der Waals surface area contributed by atoms with Crippen LogP contribution >= 0.6 is 31.9 Å². The molecule has 2 amide bonds. The van der Waals surface area contributed by atoms with Gasteiger partial charge >= 0.3 is 0 Å². The van der Waals surface area contributed by atoms with Crippen LogP contribution in [0.3, 0.4) is 0 Å². The lowest BCUT2D eigenvalue weighted by Crippen LogP contribution is -2.61. The maximum Gasteiger partial charge on any atom is 0.251 e. The molecule has 182 valence electrons. The maximum atomic E-state index is 14.2. The van der Waals surface area contributed by atoms with E-state index in [-0.39, 0.29) is 24.1 Å². The fourth-order valence-corrected chi connectivity index (χ4v) is 7.73. The number of Topliss-reactive ketones (excluding diaryl/α,β-unsaturated/α-hetero) is 1. The number of fused-ring (bicyclic) bond motifs is 5. The molecule has 3 atom stereocenters. The van der Waals surface area contributed by atoms with E-state index in [1.807, 2.05) is 41.3 Å². The third-order valence-electron chi connectivity index (χ3n) is 7.78. The molecule has 0 aliphatic carbocycles. The Morgan fingerprint density at radius 1 is 1.00 bits per heavy atom. The summed E-state index contributed by atoms with van der Waals surface area (Å²) in [6.45, 7) is 0.212. The van der Waals surface area contributed by atoms with Gasteiger partial charge < -0.3 is 15.4 Å². The van der Waals surface area contributed by atoms with Gasteiger partial charge in [-0.2, -0.15) is 0 Å². The topological polar surface area (TPSA) is 87.7 Å². The second-order valence-corrected chi connectivity index (χ2v) is 11.1. The number of carbonyl (C=O) groups excluding carboxylic acids is 3. The van der Waals surface area contributed by atoms with E-state index in [0.717, 1.165) is 4.47 Å². The number of hydrogen-bond acceptors (Lipinski definition) is 5. The van der Waals surface area contributed by atoms with Gasteiger partial charge in [-0.15, -0.1) is 0 Å². The van der Waals surface area contributed by atoms with Crippen molar-refractivity contribution in [2.75, 3.05) is 31.3 Å². The minimum absolute atomic E-state index is 0.205. The molecule has 6 rings (SSSR count). The average Bonchev–Trinajstić information content (AvgIpc) is 3.44. The zero-order chi connectivity index (χ0) is 25.4. The second kappa shape index (κ2) is 7.99. The summed E-state index contributed by atoms with van der Waals surface area (Å²) < 4.78 is 6.70. The summed E-state index contributed by atoms with van der Waals surface area (Å²) in [5, 5.41) is 6.01. The van der Waals surface area contributed by atoms with Crippen molar-refractivity contribution in [3.8, 4) is 5.75 Å². The molecule has 3 heterocycles. The number of rotatable bonds is 3. The molecule has 9 heteroatoms. The Hall–Kier alpha value is -3.01. The van der Waals surface area contributed by atoms with Crippen molar-refractivity contribution in [3.63, 3.8) is 0 Å². The van der Waals surface area contributed by atoms with E-state index < -0.39 is 16.9 Å². The van der Waals surface area contributed by atoms with Crippen LogP contribution < -0.4 is 15.4 Å². The second-order valence-electron chi connectivity index (χ2n) is 9.31. The highest BCUT2D eigenvalue weighted by Crippen LogP contribution is 2.64. The van der Waals surface area contributed by atoms with E-state index in [4.69, 9.17) is 4.74 Å². The van der Waals surface area contributed by atoms with Crippen molar-refractivity contribution < 1.29 is 19.1 Å². The van der Waals surface area contributed by atoms with Crippen LogP contribution in [-0.4, -0.2) is 43.2 Å². The molecule has 1 fully saturated rings. The van der Waals surface area contributed by atoms with Crippen LogP contribution in [0.2, 0.25) is 0 Å². The lowest BCUT2D eigenvalue weighted by atomic mass is 9.58. The van der Waals surface area contributed by atoms with E-state index in [2.05, 4.69) is 42.5 Å². The third kappa shape index (κ3) is 2.73. The van der Waals surface area contributed by atoms with Gasteiger partial charge in [0.25, 0.3) is 5.91 Å². The van der Waals surface area contributed by atoms with Crippen molar-refractivity contribution in [1.29, 1.82) is 0 Å². The Bertz CT molecular complexity index is 1470. The lowest BCUT2D eigenvalue weighted by molar-refractivity contribution is -0.136. The predicted molar refractivity (Wildman–Crippen MR) is 142 cm³/mol. The van der Waals surface area contributed by atoms with Crippen LogP contribution in [0.1, 0.15) is 21.5 Å². The van der Waals surface area contributed by atoms with Gasteiger partial charge in [-0.1, -0.05) is 34.1 Å². The van der Waals surface area contributed by atoms with Crippen LogP contribution in [0.4, 0.5) is 11.4 Å². The number of methoxy groups -OCH3 is 1. The molecule has 2 spiro atoms. The summed E-state index contributed by atoms with van der Waals surface area (Å²) >= 11 is 7.13. The highest BCUT2D eigenvalue weighted by Gasteiger charge is 2.77. The number of nitrogens with zero attached hydrogens (tertiary/aromatic N) is 1. The van der Waals surface area contributed by atoms with Crippen LogP contribution in [0, 0.1) is 5.92 Å². The molecule has 0 saturated carbocycles. The average molecular weight is 611 g/mol. The number of halogens is 2. The summed E-state index contributed by atoms with van der Waals surface area (Å²) in [7, 11) is 3.37. The molecule has 3 aromatic carbocycles. The van der Waals surface area contributed by atoms with Crippen molar-refractivity contribution in [3.05, 3.63) is 86.3 Å². The number of nitrogens with one attached hydrogen (secondary N) is 2. The van der Waals surface area contributed by atoms with Gasteiger partial charge in [-0.05, 0) is 71.0 Å². The number of likely N-dealkylation sites (N-methyl/N-ethyl adjacent to an activating group) is 1. The van der Waals surface area contributed by atoms with Crippen LogP contribution in [0.25, 0.3) is 0 Å². The first-order valence-corrected chi connectivity index (χ1v) is 13.0. The smallest absolute Gasteiger partial charge is 0.251 e. The Labute approximate surface area is 224 Å². The number of ketones is 1.